The molecule has 0 aliphatic heterocycles. The van der Waals surface area contributed by atoms with E-state index in [1.807, 2.05) is 0 Å². The third-order valence-electron chi connectivity index (χ3n) is 3.30. The highest BCUT2D eigenvalue weighted by molar-refractivity contribution is 7.71. The molecule has 1 saturated carbocycles. The number of hydrogen-bond donors (Lipinski definition) is 2. The fourth-order valence-corrected chi connectivity index (χ4v) is 2.71. The first-order valence-electron chi connectivity index (χ1n) is 5.95. The van der Waals surface area contributed by atoms with Crippen molar-refractivity contribution in [3.8, 4) is 0 Å². The highest BCUT2D eigenvalue weighted by Gasteiger charge is 2.32. The molecule has 2 heterocycles. The molecule has 18 heavy (non-hydrogen) atoms. The van der Waals surface area contributed by atoms with E-state index in [0.717, 1.165) is 29.6 Å². The monoisotopic (exact) mass is 259 g/mol. The van der Waals surface area contributed by atoms with Crippen LogP contribution < -0.4 is 5.73 Å². The quantitative estimate of drug-likeness (QED) is 0.657. The fraction of sp³-hybridized carbons (Fsp3) is 0.417. The summed E-state index contributed by atoms with van der Waals surface area (Å²) in [5.41, 5.74) is 9.11. The van der Waals surface area contributed by atoms with E-state index in [1.54, 1.807) is 6.33 Å². The molecule has 1 aliphatic rings. The second-order valence-electron chi connectivity index (χ2n) is 4.49. The lowest BCUT2D eigenvalue weighted by Gasteiger charge is -2.08. The zero-order valence-corrected chi connectivity index (χ0v) is 10.6. The lowest BCUT2D eigenvalue weighted by molar-refractivity contribution is 0.696. The Morgan fingerprint density at radius 2 is 2.39 bits per heavy atom. The van der Waals surface area contributed by atoms with E-state index in [9.17, 15) is 0 Å². The zero-order valence-electron chi connectivity index (χ0n) is 9.81. The van der Waals surface area contributed by atoms with Gasteiger partial charge in [0, 0.05) is 18.8 Å². The van der Waals surface area contributed by atoms with Gasteiger partial charge in [0.1, 0.15) is 0 Å². The van der Waals surface area contributed by atoms with Crippen molar-refractivity contribution in [3.63, 3.8) is 0 Å². The van der Waals surface area contributed by atoms with Gasteiger partial charge < -0.3 is 15.3 Å². The van der Waals surface area contributed by atoms with Crippen molar-refractivity contribution in [1.29, 1.82) is 0 Å². The number of aromatic nitrogens is 3. The SMILES string of the molecule is [C-]#[N+]c1c(C2CC2)n(CCN)c2c(=S)nc[nH]c12. The third-order valence-corrected chi connectivity index (χ3v) is 3.60. The van der Waals surface area contributed by atoms with Gasteiger partial charge in [-0.3, -0.25) is 0 Å². The summed E-state index contributed by atoms with van der Waals surface area (Å²) in [5.74, 6) is 0.482. The van der Waals surface area contributed by atoms with E-state index in [4.69, 9.17) is 24.5 Å². The Hall–Kier alpha value is -1.71. The van der Waals surface area contributed by atoms with E-state index < -0.39 is 0 Å². The normalized spacial score (nSPS) is 14.9. The molecule has 5 nitrogen and oxygen atoms in total. The summed E-state index contributed by atoms with van der Waals surface area (Å²) in [5, 5.41) is 0. The molecule has 6 heteroatoms. The molecule has 1 aliphatic carbocycles. The van der Waals surface area contributed by atoms with E-state index in [2.05, 4.69) is 19.4 Å². The molecular formula is C12H13N5S. The zero-order chi connectivity index (χ0) is 12.7. The van der Waals surface area contributed by atoms with Crippen LogP contribution in [0.25, 0.3) is 15.9 Å². The van der Waals surface area contributed by atoms with Crippen molar-refractivity contribution in [2.24, 2.45) is 5.73 Å². The average molecular weight is 259 g/mol. The molecule has 3 rings (SSSR count). The van der Waals surface area contributed by atoms with Crippen LogP contribution in [0.5, 0.6) is 0 Å². The van der Waals surface area contributed by atoms with Crippen LogP contribution in [-0.2, 0) is 6.54 Å². The standard InChI is InChI=1S/C12H13N5S/c1-14-8-9-11(12(18)16-6-15-9)17(5-4-13)10(8)7-2-3-7/h6-7H,2-5,13H2,(H,15,16,18). The molecule has 2 aromatic heterocycles. The first-order chi connectivity index (χ1) is 8.77. The predicted molar refractivity (Wildman–Crippen MR) is 72.2 cm³/mol. The van der Waals surface area contributed by atoms with Crippen LogP contribution in [0.1, 0.15) is 24.5 Å². The fourth-order valence-electron chi connectivity index (χ4n) is 2.44. The second kappa shape index (κ2) is 4.19. The molecule has 0 aromatic carbocycles. The van der Waals surface area contributed by atoms with Gasteiger partial charge in [-0.05, 0) is 18.8 Å². The van der Waals surface area contributed by atoms with Gasteiger partial charge in [-0.25, -0.2) is 9.83 Å². The molecule has 0 radical (unpaired) electrons. The summed E-state index contributed by atoms with van der Waals surface area (Å²) >= 11 is 5.29. The van der Waals surface area contributed by atoms with Crippen LogP contribution in [0.2, 0.25) is 0 Å². The van der Waals surface area contributed by atoms with Gasteiger partial charge in [-0.15, -0.1) is 0 Å². The van der Waals surface area contributed by atoms with E-state index in [1.165, 1.54) is 0 Å². The van der Waals surface area contributed by atoms with Crippen LogP contribution in [-0.4, -0.2) is 21.1 Å². The summed E-state index contributed by atoms with van der Waals surface area (Å²) in [7, 11) is 0. The lowest BCUT2D eigenvalue weighted by atomic mass is 10.2. The molecular weight excluding hydrogens is 246 g/mol. The molecule has 0 atom stereocenters. The van der Waals surface area contributed by atoms with Crippen LogP contribution in [0.4, 0.5) is 5.69 Å². The summed E-state index contributed by atoms with van der Waals surface area (Å²) in [6.07, 6.45) is 3.84. The summed E-state index contributed by atoms with van der Waals surface area (Å²) in [4.78, 5) is 10.9. The minimum atomic E-state index is 0.482. The predicted octanol–water partition coefficient (Wildman–Crippen LogP) is 2.48. The maximum absolute atomic E-state index is 7.41. The van der Waals surface area contributed by atoms with Crippen molar-refractivity contribution in [1.82, 2.24) is 14.5 Å². The summed E-state index contributed by atoms with van der Waals surface area (Å²) in [6, 6.07) is 0. The van der Waals surface area contributed by atoms with Gasteiger partial charge in [-0.1, -0.05) is 12.2 Å². The highest BCUT2D eigenvalue weighted by atomic mass is 32.1. The number of nitrogens with one attached hydrogen (secondary N) is 1. The largest absolute Gasteiger partial charge is 0.354 e. The molecule has 0 saturated heterocycles. The van der Waals surface area contributed by atoms with Crippen molar-refractivity contribution in [2.45, 2.75) is 25.3 Å². The number of H-pyrrole nitrogens is 1. The molecule has 3 N–H and O–H groups in total. The van der Waals surface area contributed by atoms with E-state index in [0.29, 0.717) is 29.3 Å². The molecule has 2 aromatic rings. The van der Waals surface area contributed by atoms with Gasteiger partial charge >= 0.3 is 0 Å². The van der Waals surface area contributed by atoms with Crippen LogP contribution in [0.3, 0.4) is 0 Å². The maximum Gasteiger partial charge on any atom is 0.231 e. The molecule has 0 amide bonds. The first kappa shape index (κ1) is 11.4. The second-order valence-corrected chi connectivity index (χ2v) is 4.88. The molecule has 0 bridgehead atoms. The van der Waals surface area contributed by atoms with Crippen molar-refractivity contribution < 1.29 is 0 Å². The number of fused-ring (bicyclic) bond motifs is 1. The van der Waals surface area contributed by atoms with Gasteiger partial charge in [-0.2, -0.15) is 0 Å². The third kappa shape index (κ3) is 1.55. The first-order valence-corrected chi connectivity index (χ1v) is 6.36. The number of aromatic amines is 1. The number of nitrogens with two attached hydrogens (primary N) is 1. The molecule has 92 valence electrons. The topological polar surface area (TPSA) is 64.0 Å². The Bertz CT molecular complexity index is 702. The minimum Gasteiger partial charge on any atom is -0.354 e. The molecule has 0 spiro atoms. The molecule has 0 unspecified atom stereocenters. The maximum atomic E-state index is 7.41. The Morgan fingerprint density at radius 1 is 1.61 bits per heavy atom. The van der Waals surface area contributed by atoms with Crippen LogP contribution >= 0.6 is 12.2 Å². The Morgan fingerprint density at radius 3 is 3.00 bits per heavy atom. The average Bonchev–Trinajstić information content (AvgIpc) is 3.14. The van der Waals surface area contributed by atoms with Crippen molar-refractivity contribution in [2.75, 3.05) is 6.54 Å². The Balaban J connectivity index is 2.42. The lowest BCUT2D eigenvalue weighted by Crippen LogP contribution is -2.12. The van der Waals surface area contributed by atoms with Crippen molar-refractivity contribution in [3.05, 3.63) is 28.1 Å². The highest BCUT2D eigenvalue weighted by Crippen LogP contribution is 2.47. The van der Waals surface area contributed by atoms with Crippen molar-refractivity contribution >= 4 is 28.9 Å². The van der Waals surface area contributed by atoms with Crippen LogP contribution in [0.15, 0.2) is 6.33 Å². The summed E-state index contributed by atoms with van der Waals surface area (Å²) < 4.78 is 2.63. The number of rotatable bonds is 3. The van der Waals surface area contributed by atoms with Gasteiger partial charge in [0.2, 0.25) is 5.69 Å². The number of nitrogens with zero attached hydrogens (tertiary/aromatic N) is 3. The number of hydrogen-bond acceptors (Lipinski definition) is 3. The van der Waals surface area contributed by atoms with E-state index in [-0.39, 0.29) is 0 Å². The summed E-state index contributed by atoms with van der Waals surface area (Å²) in [6.45, 7) is 8.62. The smallest absolute Gasteiger partial charge is 0.231 e. The van der Waals surface area contributed by atoms with Gasteiger partial charge in [0.25, 0.3) is 0 Å². The molecule has 1 fully saturated rings. The van der Waals surface area contributed by atoms with Crippen LogP contribution in [0, 0.1) is 11.2 Å². The Labute approximate surface area is 109 Å². The van der Waals surface area contributed by atoms with Gasteiger partial charge in [0.15, 0.2) is 4.64 Å². The minimum absolute atomic E-state index is 0.482. The Kier molecular flexibility index (Phi) is 2.65. The van der Waals surface area contributed by atoms with E-state index >= 15 is 0 Å². The van der Waals surface area contributed by atoms with Gasteiger partial charge in [0.05, 0.1) is 23.9 Å².